The van der Waals surface area contributed by atoms with Crippen LogP contribution in [0.2, 0.25) is 0 Å². The van der Waals surface area contributed by atoms with Crippen molar-refractivity contribution >= 4 is 34.6 Å². The van der Waals surface area contributed by atoms with Gasteiger partial charge in [-0.3, -0.25) is 14.4 Å². The van der Waals surface area contributed by atoms with Gasteiger partial charge in [-0.15, -0.1) is 0 Å². The average Bonchev–Trinajstić information content (AvgIpc) is 3.39. The summed E-state index contributed by atoms with van der Waals surface area (Å²) in [6, 6.07) is 19.5. The zero-order valence-corrected chi connectivity index (χ0v) is 22.7. The molecular formula is C31H33N5O6. The molecule has 3 unspecified atom stereocenters. The lowest BCUT2D eigenvalue weighted by Crippen LogP contribution is -2.54. The van der Waals surface area contributed by atoms with Gasteiger partial charge in [0.1, 0.15) is 17.8 Å². The molecule has 11 heteroatoms. The first-order chi connectivity index (χ1) is 20.2. The predicted molar refractivity (Wildman–Crippen MR) is 156 cm³/mol. The highest BCUT2D eigenvalue weighted by Gasteiger charge is 2.27. The molecule has 4 aromatic rings. The fourth-order valence-corrected chi connectivity index (χ4v) is 4.57. The highest BCUT2D eigenvalue weighted by molar-refractivity contribution is 5.93. The maximum atomic E-state index is 13.3. The lowest BCUT2D eigenvalue weighted by molar-refractivity contribution is -0.141. The van der Waals surface area contributed by atoms with E-state index in [0.29, 0.717) is 5.56 Å². The van der Waals surface area contributed by atoms with E-state index in [4.69, 9.17) is 5.73 Å². The molecule has 0 saturated carbocycles. The first-order valence-electron chi connectivity index (χ1n) is 13.4. The van der Waals surface area contributed by atoms with E-state index < -0.39 is 48.4 Å². The summed E-state index contributed by atoms with van der Waals surface area (Å²) in [6.45, 7) is -0.505. The van der Waals surface area contributed by atoms with Gasteiger partial charge in [-0.2, -0.15) is 0 Å². The number of nitrogens with two attached hydrogens (primary N) is 1. The van der Waals surface area contributed by atoms with Crippen LogP contribution in [0, 0.1) is 0 Å². The van der Waals surface area contributed by atoms with Crippen molar-refractivity contribution in [3.63, 3.8) is 0 Å². The average molecular weight is 572 g/mol. The lowest BCUT2D eigenvalue weighted by atomic mass is 10.0. The van der Waals surface area contributed by atoms with Crippen molar-refractivity contribution < 1.29 is 29.4 Å². The van der Waals surface area contributed by atoms with Gasteiger partial charge in [0, 0.05) is 29.9 Å². The summed E-state index contributed by atoms with van der Waals surface area (Å²) in [7, 11) is 0. The molecule has 42 heavy (non-hydrogen) atoms. The van der Waals surface area contributed by atoms with Crippen molar-refractivity contribution in [2.45, 2.75) is 37.4 Å². The number of para-hydroxylation sites is 1. The van der Waals surface area contributed by atoms with Crippen molar-refractivity contribution in [3.8, 4) is 5.75 Å². The molecule has 0 spiro atoms. The molecule has 0 saturated heterocycles. The van der Waals surface area contributed by atoms with Crippen LogP contribution in [0.15, 0.2) is 85.1 Å². The molecule has 0 fully saturated rings. The van der Waals surface area contributed by atoms with E-state index >= 15 is 0 Å². The van der Waals surface area contributed by atoms with Gasteiger partial charge < -0.3 is 36.9 Å². The zero-order valence-electron chi connectivity index (χ0n) is 22.7. The Kier molecular flexibility index (Phi) is 9.90. The number of fused-ring (bicyclic) bond motifs is 1. The second kappa shape index (κ2) is 14.0. The number of aromatic nitrogens is 1. The number of aromatic amines is 1. The van der Waals surface area contributed by atoms with Crippen LogP contribution in [0.5, 0.6) is 5.75 Å². The van der Waals surface area contributed by atoms with Gasteiger partial charge in [0.05, 0.1) is 12.6 Å². The third-order valence-electron chi connectivity index (χ3n) is 6.80. The number of carboxylic acid groups (broad SMARTS) is 1. The molecule has 8 N–H and O–H groups in total. The van der Waals surface area contributed by atoms with E-state index in [1.54, 1.807) is 18.3 Å². The number of rotatable bonds is 13. The minimum absolute atomic E-state index is 0.0200. The van der Waals surface area contributed by atoms with Gasteiger partial charge in [-0.1, -0.05) is 60.7 Å². The largest absolute Gasteiger partial charge is 0.508 e. The Morgan fingerprint density at radius 1 is 0.762 bits per heavy atom. The van der Waals surface area contributed by atoms with E-state index in [1.165, 1.54) is 12.1 Å². The summed E-state index contributed by atoms with van der Waals surface area (Å²) in [5.74, 6) is -3.08. The number of carboxylic acids is 1. The molecule has 0 radical (unpaired) electrons. The van der Waals surface area contributed by atoms with E-state index in [-0.39, 0.29) is 25.0 Å². The molecule has 0 bridgehead atoms. The Bertz CT molecular complexity index is 1540. The van der Waals surface area contributed by atoms with Crippen LogP contribution >= 0.6 is 0 Å². The smallest absolute Gasteiger partial charge is 0.326 e. The molecule has 3 aromatic carbocycles. The fourth-order valence-electron chi connectivity index (χ4n) is 4.57. The number of phenolic OH excluding ortho intramolecular Hbond substituents is 1. The molecule has 3 amide bonds. The highest BCUT2D eigenvalue weighted by atomic mass is 16.4. The molecule has 4 rings (SSSR count). The summed E-state index contributed by atoms with van der Waals surface area (Å²) < 4.78 is 0. The van der Waals surface area contributed by atoms with Gasteiger partial charge in [-0.05, 0) is 41.3 Å². The third-order valence-corrected chi connectivity index (χ3v) is 6.80. The Balaban J connectivity index is 1.41. The third kappa shape index (κ3) is 8.18. The summed E-state index contributed by atoms with van der Waals surface area (Å²) in [5, 5.41) is 27.5. The molecule has 1 heterocycles. The number of carbonyl (C=O) groups is 4. The van der Waals surface area contributed by atoms with Crippen LogP contribution in [-0.4, -0.2) is 63.6 Å². The number of hydrogen-bond donors (Lipinski definition) is 7. The minimum atomic E-state index is -1.25. The van der Waals surface area contributed by atoms with Crippen molar-refractivity contribution in [1.82, 2.24) is 20.9 Å². The molecule has 11 nitrogen and oxygen atoms in total. The number of amides is 3. The van der Waals surface area contributed by atoms with Gasteiger partial charge >= 0.3 is 5.97 Å². The summed E-state index contributed by atoms with van der Waals surface area (Å²) in [5.41, 5.74) is 9.27. The van der Waals surface area contributed by atoms with Crippen molar-refractivity contribution in [2.75, 3.05) is 6.54 Å². The van der Waals surface area contributed by atoms with E-state index in [1.807, 2.05) is 54.6 Å². The van der Waals surface area contributed by atoms with Crippen molar-refractivity contribution in [1.29, 1.82) is 0 Å². The number of H-pyrrole nitrogens is 1. The van der Waals surface area contributed by atoms with Crippen LogP contribution in [0.25, 0.3) is 10.9 Å². The summed E-state index contributed by atoms with van der Waals surface area (Å²) >= 11 is 0. The molecule has 0 aliphatic rings. The zero-order chi connectivity index (χ0) is 30.1. The Morgan fingerprint density at radius 2 is 1.43 bits per heavy atom. The number of phenols is 1. The second-order valence-corrected chi connectivity index (χ2v) is 9.97. The van der Waals surface area contributed by atoms with Gasteiger partial charge in [0.15, 0.2) is 0 Å². The maximum Gasteiger partial charge on any atom is 0.326 e. The van der Waals surface area contributed by atoms with E-state index in [2.05, 4.69) is 20.9 Å². The van der Waals surface area contributed by atoms with Gasteiger partial charge in [0.2, 0.25) is 17.7 Å². The predicted octanol–water partition coefficient (Wildman–Crippen LogP) is 1.40. The Morgan fingerprint density at radius 3 is 2.14 bits per heavy atom. The van der Waals surface area contributed by atoms with Crippen LogP contribution in [0.3, 0.4) is 0 Å². The van der Waals surface area contributed by atoms with Crippen molar-refractivity contribution in [3.05, 3.63) is 102 Å². The first kappa shape index (κ1) is 29.8. The molecule has 3 atom stereocenters. The standard InChI is InChI=1S/C31H33N5O6/c32-24(14-19-6-2-1-3-7-19)29(39)36-26(16-21-17-33-25-9-5-4-8-23(21)25)30(40)34-18-28(38)35-27(31(41)42)15-20-10-12-22(37)13-11-20/h1-13,17,24,26-27,33,37H,14-16,18,32H2,(H,34,40)(H,35,38)(H,36,39)(H,41,42). The van der Waals surface area contributed by atoms with Crippen molar-refractivity contribution in [2.24, 2.45) is 5.73 Å². The molecule has 0 aliphatic carbocycles. The lowest BCUT2D eigenvalue weighted by Gasteiger charge is -2.21. The number of benzene rings is 3. The Labute approximate surface area is 242 Å². The van der Waals surface area contributed by atoms with Crippen LogP contribution in [0.4, 0.5) is 0 Å². The molecule has 1 aromatic heterocycles. The maximum absolute atomic E-state index is 13.3. The van der Waals surface area contributed by atoms with Crippen LogP contribution in [-0.2, 0) is 38.4 Å². The van der Waals surface area contributed by atoms with E-state index in [0.717, 1.165) is 22.0 Å². The summed E-state index contributed by atoms with van der Waals surface area (Å²) in [6.07, 6.45) is 2.14. The number of hydrogen-bond acceptors (Lipinski definition) is 6. The minimum Gasteiger partial charge on any atom is -0.508 e. The van der Waals surface area contributed by atoms with Crippen LogP contribution in [0.1, 0.15) is 16.7 Å². The first-order valence-corrected chi connectivity index (χ1v) is 13.4. The number of carbonyl (C=O) groups excluding carboxylic acids is 3. The Hall–Kier alpha value is -5.16. The normalized spacial score (nSPS) is 13.1. The second-order valence-electron chi connectivity index (χ2n) is 9.97. The SMILES string of the molecule is NC(Cc1ccccc1)C(=O)NC(Cc1c[nH]c2ccccc12)C(=O)NCC(=O)NC(Cc1ccc(O)cc1)C(=O)O. The number of aromatic hydroxyl groups is 1. The summed E-state index contributed by atoms with van der Waals surface area (Å²) in [4.78, 5) is 53.8. The van der Waals surface area contributed by atoms with Gasteiger partial charge in [0.25, 0.3) is 0 Å². The highest BCUT2D eigenvalue weighted by Crippen LogP contribution is 2.19. The fraction of sp³-hybridized carbons (Fsp3) is 0.226. The van der Waals surface area contributed by atoms with E-state index in [9.17, 15) is 29.4 Å². The monoisotopic (exact) mass is 571 g/mol. The van der Waals surface area contributed by atoms with Crippen LogP contribution < -0.4 is 21.7 Å². The molecular weight excluding hydrogens is 538 g/mol. The quantitative estimate of drug-likeness (QED) is 0.126. The number of nitrogens with one attached hydrogen (secondary N) is 4. The topological polar surface area (TPSA) is 187 Å². The van der Waals surface area contributed by atoms with Gasteiger partial charge in [-0.25, -0.2) is 4.79 Å². The molecule has 218 valence electrons. The molecule has 0 aliphatic heterocycles. The number of aliphatic carboxylic acids is 1.